The average molecular weight is 234 g/mol. The highest BCUT2D eigenvalue weighted by Crippen LogP contribution is 2.45. The number of allylic oxidation sites excluding steroid dienone is 3. The van der Waals surface area contributed by atoms with Crippen LogP contribution in [0.4, 0.5) is 0 Å². The van der Waals surface area contributed by atoms with Crippen molar-refractivity contribution in [3.8, 4) is 0 Å². The highest BCUT2D eigenvalue weighted by atomic mass is 16.4. The number of hydrogen-bond donors (Lipinski definition) is 1. The first-order chi connectivity index (χ1) is 8.00. The molecule has 1 N–H and O–H groups in total. The van der Waals surface area contributed by atoms with Crippen LogP contribution in [0.2, 0.25) is 0 Å². The van der Waals surface area contributed by atoms with E-state index in [1.807, 2.05) is 0 Å². The molecular formula is C15H22O2. The molecule has 3 unspecified atom stereocenters. The molecule has 0 aliphatic heterocycles. The lowest BCUT2D eigenvalue weighted by Gasteiger charge is -2.41. The summed E-state index contributed by atoms with van der Waals surface area (Å²) in [7, 11) is 0. The van der Waals surface area contributed by atoms with Crippen LogP contribution in [0.5, 0.6) is 0 Å². The molecule has 2 heteroatoms. The van der Waals surface area contributed by atoms with Crippen LogP contribution in [0.1, 0.15) is 40.0 Å². The topological polar surface area (TPSA) is 37.3 Å². The van der Waals surface area contributed by atoms with E-state index >= 15 is 0 Å². The van der Waals surface area contributed by atoms with Crippen LogP contribution in [0.15, 0.2) is 23.3 Å². The van der Waals surface area contributed by atoms with E-state index in [1.54, 1.807) is 0 Å². The average Bonchev–Trinajstić information content (AvgIpc) is 2.28. The maximum absolute atomic E-state index is 11.1. The molecular weight excluding hydrogens is 212 g/mol. The highest BCUT2D eigenvalue weighted by Gasteiger charge is 2.36. The molecule has 2 nitrogen and oxygen atoms in total. The molecule has 0 bridgehead atoms. The monoisotopic (exact) mass is 234 g/mol. The Morgan fingerprint density at radius 3 is 2.76 bits per heavy atom. The number of carbonyl (C=O) groups is 1. The Bertz CT molecular complexity index is 376. The number of rotatable bonds is 2. The van der Waals surface area contributed by atoms with Crippen molar-refractivity contribution in [2.75, 3.05) is 0 Å². The summed E-state index contributed by atoms with van der Waals surface area (Å²) in [5, 5.41) is 9.14. The molecule has 94 valence electrons. The molecule has 0 aromatic rings. The minimum atomic E-state index is -0.724. The van der Waals surface area contributed by atoms with Crippen molar-refractivity contribution in [3.63, 3.8) is 0 Å². The summed E-state index contributed by atoms with van der Waals surface area (Å²) in [6.45, 7) is 6.70. The smallest absolute Gasteiger partial charge is 0.331 e. The second-order valence-electron chi connectivity index (χ2n) is 5.81. The molecule has 0 heterocycles. The fourth-order valence-electron chi connectivity index (χ4n) is 3.41. The third kappa shape index (κ3) is 2.31. The first kappa shape index (κ1) is 12.4. The third-order valence-corrected chi connectivity index (χ3v) is 4.51. The molecule has 17 heavy (non-hydrogen) atoms. The van der Waals surface area contributed by atoms with E-state index in [0.717, 1.165) is 19.3 Å². The van der Waals surface area contributed by atoms with Crippen LogP contribution in [-0.2, 0) is 4.79 Å². The summed E-state index contributed by atoms with van der Waals surface area (Å²) in [6, 6.07) is 0. The molecule has 0 aromatic heterocycles. The zero-order valence-corrected chi connectivity index (χ0v) is 10.9. The molecule has 2 aliphatic carbocycles. The van der Waals surface area contributed by atoms with Crippen molar-refractivity contribution in [2.24, 2.45) is 23.7 Å². The van der Waals surface area contributed by atoms with Gasteiger partial charge in [0.25, 0.3) is 0 Å². The normalized spacial score (nSPS) is 32.8. The third-order valence-electron chi connectivity index (χ3n) is 4.51. The minimum Gasteiger partial charge on any atom is -0.478 e. The summed E-state index contributed by atoms with van der Waals surface area (Å²) < 4.78 is 0. The Balaban J connectivity index is 2.31. The SMILES string of the molecule is CC1=CCC(C(C)C)C2C=C(C(=O)O)CCC12. The minimum absolute atomic E-state index is 0.444. The van der Waals surface area contributed by atoms with Gasteiger partial charge in [-0.1, -0.05) is 31.6 Å². The predicted molar refractivity (Wildman–Crippen MR) is 68.6 cm³/mol. The van der Waals surface area contributed by atoms with Gasteiger partial charge in [0, 0.05) is 5.57 Å². The second-order valence-corrected chi connectivity index (χ2v) is 5.81. The summed E-state index contributed by atoms with van der Waals surface area (Å²) >= 11 is 0. The van der Waals surface area contributed by atoms with Gasteiger partial charge in [0.1, 0.15) is 0 Å². The van der Waals surface area contributed by atoms with Crippen molar-refractivity contribution in [2.45, 2.75) is 40.0 Å². The van der Waals surface area contributed by atoms with Crippen molar-refractivity contribution in [1.82, 2.24) is 0 Å². The van der Waals surface area contributed by atoms with Gasteiger partial charge in [-0.2, -0.15) is 0 Å². The summed E-state index contributed by atoms with van der Waals surface area (Å²) in [5.41, 5.74) is 2.10. The van der Waals surface area contributed by atoms with Gasteiger partial charge in [0.15, 0.2) is 0 Å². The van der Waals surface area contributed by atoms with Crippen molar-refractivity contribution in [1.29, 1.82) is 0 Å². The molecule has 2 aliphatic rings. The van der Waals surface area contributed by atoms with Crippen LogP contribution < -0.4 is 0 Å². The van der Waals surface area contributed by atoms with Gasteiger partial charge in [-0.3, -0.25) is 0 Å². The largest absolute Gasteiger partial charge is 0.478 e. The van der Waals surface area contributed by atoms with E-state index < -0.39 is 5.97 Å². The van der Waals surface area contributed by atoms with E-state index in [2.05, 4.69) is 32.9 Å². The first-order valence-corrected chi connectivity index (χ1v) is 6.61. The number of hydrogen-bond acceptors (Lipinski definition) is 1. The quantitative estimate of drug-likeness (QED) is 0.740. The van der Waals surface area contributed by atoms with Crippen molar-refractivity contribution in [3.05, 3.63) is 23.3 Å². The Morgan fingerprint density at radius 2 is 2.18 bits per heavy atom. The molecule has 2 rings (SSSR count). The molecule has 0 radical (unpaired) electrons. The van der Waals surface area contributed by atoms with Gasteiger partial charge < -0.3 is 5.11 Å². The Hall–Kier alpha value is -1.05. The van der Waals surface area contributed by atoms with Gasteiger partial charge in [-0.05, 0) is 49.9 Å². The van der Waals surface area contributed by atoms with Crippen molar-refractivity contribution >= 4 is 5.97 Å². The fraction of sp³-hybridized carbons (Fsp3) is 0.667. The lowest BCUT2D eigenvalue weighted by Crippen LogP contribution is -2.33. The second kappa shape index (κ2) is 4.67. The van der Waals surface area contributed by atoms with Gasteiger partial charge in [0.05, 0.1) is 0 Å². The molecule has 0 fully saturated rings. The Kier molecular flexibility index (Phi) is 3.41. The zero-order chi connectivity index (χ0) is 12.6. The van der Waals surface area contributed by atoms with Gasteiger partial charge in [-0.25, -0.2) is 4.79 Å². The summed E-state index contributed by atoms with van der Waals surface area (Å²) in [5.74, 6) is 1.53. The van der Waals surface area contributed by atoms with Crippen molar-refractivity contribution < 1.29 is 9.90 Å². The molecule has 0 aromatic carbocycles. The number of fused-ring (bicyclic) bond motifs is 1. The molecule has 0 saturated heterocycles. The van der Waals surface area contributed by atoms with E-state index in [1.165, 1.54) is 5.57 Å². The van der Waals surface area contributed by atoms with Gasteiger partial charge >= 0.3 is 5.97 Å². The molecule has 0 saturated carbocycles. The van der Waals surface area contributed by atoms with Gasteiger partial charge in [-0.15, -0.1) is 0 Å². The number of carboxylic acid groups (broad SMARTS) is 1. The van der Waals surface area contributed by atoms with Crippen LogP contribution >= 0.6 is 0 Å². The number of carboxylic acids is 1. The van der Waals surface area contributed by atoms with E-state index in [4.69, 9.17) is 5.11 Å². The standard InChI is InChI=1S/C15H22O2/c1-9(2)12-6-4-10(3)13-7-5-11(15(16)17)8-14(12)13/h4,8-9,12-14H,5-7H2,1-3H3,(H,16,17). The predicted octanol–water partition coefficient (Wildman–Crippen LogP) is 3.65. The molecule has 0 spiro atoms. The molecule has 0 amide bonds. The lowest BCUT2D eigenvalue weighted by molar-refractivity contribution is -0.133. The van der Waals surface area contributed by atoms with E-state index in [9.17, 15) is 4.79 Å². The highest BCUT2D eigenvalue weighted by molar-refractivity contribution is 5.86. The summed E-state index contributed by atoms with van der Waals surface area (Å²) in [4.78, 5) is 11.1. The van der Waals surface area contributed by atoms with Crippen LogP contribution in [0.25, 0.3) is 0 Å². The zero-order valence-electron chi connectivity index (χ0n) is 10.9. The maximum atomic E-state index is 11.1. The van der Waals surface area contributed by atoms with Gasteiger partial charge in [0.2, 0.25) is 0 Å². The Labute approximate surface area is 103 Å². The van der Waals surface area contributed by atoms with Crippen LogP contribution in [0, 0.1) is 23.7 Å². The lowest BCUT2D eigenvalue weighted by atomic mass is 9.64. The summed E-state index contributed by atoms with van der Waals surface area (Å²) in [6.07, 6.45) is 7.26. The van der Waals surface area contributed by atoms with Crippen LogP contribution in [-0.4, -0.2) is 11.1 Å². The first-order valence-electron chi connectivity index (χ1n) is 6.61. The van der Waals surface area contributed by atoms with E-state index in [0.29, 0.717) is 29.2 Å². The number of aliphatic carboxylic acids is 1. The van der Waals surface area contributed by atoms with Crippen LogP contribution in [0.3, 0.4) is 0 Å². The Morgan fingerprint density at radius 1 is 1.47 bits per heavy atom. The maximum Gasteiger partial charge on any atom is 0.331 e. The van der Waals surface area contributed by atoms with E-state index in [-0.39, 0.29) is 0 Å². The fourth-order valence-corrected chi connectivity index (χ4v) is 3.41. The molecule has 3 atom stereocenters.